The Bertz CT molecular complexity index is 2220. The topological polar surface area (TPSA) is 106 Å². The second-order valence-corrected chi connectivity index (χ2v) is 18.4. The molecule has 7 rings (SSSR count). The first-order chi connectivity index (χ1) is 25.8. The van der Waals surface area contributed by atoms with Crippen LogP contribution in [0.4, 0.5) is 0 Å². The largest absolute Gasteiger partial charge is 0.497 e. The van der Waals surface area contributed by atoms with Crippen LogP contribution in [0.15, 0.2) is 48.7 Å². The molecule has 2 fully saturated rings. The third-order valence-electron chi connectivity index (χ3n) is 11.6. The number of nitrogens with zero attached hydrogens (tertiary/aromatic N) is 4. The number of fused-ring (bicyclic) bond motifs is 5. The lowest BCUT2D eigenvalue weighted by atomic mass is 9.81. The molecular formula is C43H55N5O5S. The molecule has 1 aliphatic carbocycles. The molecule has 2 aromatic heterocycles. The van der Waals surface area contributed by atoms with Crippen LogP contribution in [0.2, 0.25) is 0 Å². The molecule has 0 bridgehead atoms. The highest BCUT2D eigenvalue weighted by atomic mass is 32.2. The highest BCUT2D eigenvalue weighted by molar-refractivity contribution is 7.90. The van der Waals surface area contributed by atoms with Crippen molar-refractivity contribution in [1.29, 1.82) is 0 Å². The van der Waals surface area contributed by atoms with Crippen molar-refractivity contribution in [1.82, 2.24) is 23.7 Å². The number of ether oxygens (including phenoxy) is 1. The van der Waals surface area contributed by atoms with Crippen molar-refractivity contribution < 1.29 is 22.7 Å². The van der Waals surface area contributed by atoms with Gasteiger partial charge in [0.1, 0.15) is 5.75 Å². The number of likely N-dealkylation sites (N-methyl/N-ethyl adjacent to an activating group) is 1. The molecule has 54 heavy (non-hydrogen) atoms. The molecule has 1 N–H and O–H groups in total. The Morgan fingerprint density at radius 2 is 1.70 bits per heavy atom. The Morgan fingerprint density at radius 3 is 2.39 bits per heavy atom. The molecular weight excluding hydrogens is 699 g/mol. The third kappa shape index (κ3) is 7.01. The van der Waals surface area contributed by atoms with E-state index in [-0.39, 0.29) is 23.6 Å². The van der Waals surface area contributed by atoms with Gasteiger partial charge in [0.05, 0.1) is 35.9 Å². The number of hydrogen-bond donors (Lipinski definition) is 1. The number of benzene rings is 2. The summed E-state index contributed by atoms with van der Waals surface area (Å²) >= 11 is 0. The van der Waals surface area contributed by atoms with Gasteiger partial charge in [-0.05, 0) is 133 Å². The maximum atomic E-state index is 14.7. The predicted octanol–water partition coefficient (Wildman–Crippen LogP) is 7.94. The van der Waals surface area contributed by atoms with E-state index in [4.69, 9.17) is 4.74 Å². The van der Waals surface area contributed by atoms with Crippen LogP contribution in [0, 0.1) is 0 Å². The van der Waals surface area contributed by atoms with Crippen molar-refractivity contribution in [3.8, 4) is 17.0 Å². The summed E-state index contributed by atoms with van der Waals surface area (Å²) in [6, 6.07) is 14.1. The summed E-state index contributed by atoms with van der Waals surface area (Å²) < 4.78 is 38.2. The second kappa shape index (κ2) is 15.1. The number of carbonyl (C=O) groups excluding carboxylic acids is 2. The van der Waals surface area contributed by atoms with Gasteiger partial charge in [-0.3, -0.25) is 9.59 Å². The summed E-state index contributed by atoms with van der Waals surface area (Å²) in [5, 5.41) is 0.323. The van der Waals surface area contributed by atoms with Crippen LogP contribution in [-0.2, 0) is 16.6 Å². The Hall–Kier alpha value is -4.35. The molecule has 0 spiro atoms. The number of carbonyl (C=O) groups is 2. The SMILES string of the molecule is COc1ccc2c(c1)C=C(c1c(C(=O)N3CCCC3CN(C)C)ccn1C(C)C)Cn1c-2c(C2CCCCC2)c2ccc(C(=O)NS(=O)(=O)C(C)C)cc21. The van der Waals surface area contributed by atoms with Gasteiger partial charge in [-0.1, -0.05) is 25.3 Å². The number of hydrogen-bond acceptors (Lipinski definition) is 6. The van der Waals surface area contributed by atoms with Crippen LogP contribution in [0.25, 0.3) is 33.8 Å². The van der Waals surface area contributed by atoms with E-state index in [1.54, 1.807) is 27.0 Å². The molecule has 11 heteroatoms. The number of likely N-dealkylation sites (tertiary alicyclic amines) is 1. The minimum atomic E-state index is -3.83. The van der Waals surface area contributed by atoms with Crippen LogP contribution >= 0.6 is 0 Å². The Balaban J connectivity index is 1.46. The van der Waals surface area contributed by atoms with E-state index < -0.39 is 21.2 Å². The number of methoxy groups -OCH3 is 1. The molecule has 4 heterocycles. The molecule has 2 amide bonds. The van der Waals surface area contributed by atoms with Crippen molar-refractivity contribution in [2.24, 2.45) is 0 Å². The van der Waals surface area contributed by atoms with Crippen LogP contribution in [0.5, 0.6) is 5.75 Å². The summed E-state index contributed by atoms with van der Waals surface area (Å²) in [6.07, 6.45) is 11.9. The van der Waals surface area contributed by atoms with Crippen LogP contribution in [0.3, 0.4) is 0 Å². The van der Waals surface area contributed by atoms with Crippen LogP contribution in [-0.4, -0.2) is 84.8 Å². The van der Waals surface area contributed by atoms with Crippen LogP contribution < -0.4 is 9.46 Å². The first kappa shape index (κ1) is 37.9. The minimum absolute atomic E-state index is 0.0514. The van der Waals surface area contributed by atoms with Gasteiger partial charge in [-0.15, -0.1) is 0 Å². The van der Waals surface area contributed by atoms with E-state index in [1.165, 1.54) is 12.0 Å². The number of sulfonamides is 1. The Labute approximate surface area is 320 Å². The van der Waals surface area contributed by atoms with E-state index in [9.17, 15) is 18.0 Å². The van der Waals surface area contributed by atoms with Crippen molar-refractivity contribution in [3.05, 3.63) is 76.6 Å². The average Bonchev–Trinajstić information content (AvgIpc) is 3.84. The Kier molecular flexibility index (Phi) is 10.6. The highest BCUT2D eigenvalue weighted by Gasteiger charge is 2.35. The van der Waals surface area contributed by atoms with Crippen LogP contribution in [0.1, 0.15) is 122 Å². The summed E-state index contributed by atoms with van der Waals surface area (Å²) in [4.78, 5) is 32.4. The van der Waals surface area contributed by atoms with Gasteiger partial charge in [-0.2, -0.15) is 0 Å². The predicted molar refractivity (Wildman–Crippen MR) is 217 cm³/mol. The van der Waals surface area contributed by atoms with Gasteiger partial charge >= 0.3 is 0 Å². The average molecular weight is 754 g/mol. The van der Waals surface area contributed by atoms with E-state index in [2.05, 4.69) is 69.8 Å². The van der Waals surface area contributed by atoms with Gasteiger partial charge in [0.25, 0.3) is 11.8 Å². The Morgan fingerprint density at radius 1 is 0.944 bits per heavy atom. The molecule has 1 atom stereocenters. The normalized spacial score (nSPS) is 17.9. The minimum Gasteiger partial charge on any atom is -0.497 e. The zero-order valence-electron chi connectivity index (χ0n) is 32.8. The monoisotopic (exact) mass is 753 g/mol. The quantitative estimate of drug-likeness (QED) is 0.176. The third-order valence-corrected chi connectivity index (χ3v) is 13.3. The van der Waals surface area contributed by atoms with E-state index in [0.717, 1.165) is 96.4 Å². The molecule has 1 saturated carbocycles. The number of amides is 2. The lowest BCUT2D eigenvalue weighted by Crippen LogP contribution is -2.41. The molecule has 288 valence electrons. The molecule has 10 nitrogen and oxygen atoms in total. The van der Waals surface area contributed by atoms with E-state index in [1.807, 2.05) is 30.5 Å². The fraction of sp³-hybridized carbons (Fsp3) is 0.488. The van der Waals surface area contributed by atoms with Gasteiger partial charge in [0.15, 0.2) is 0 Å². The lowest BCUT2D eigenvalue weighted by Gasteiger charge is -2.28. The standard InChI is InChI=1S/C43H55N5O5S/c1-27(2)46-21-19-37(43(50)47-20-11-14-33(47)26-45(5)6)40(46)32-22-31-23-34(53-7)16-18-35(31)41-39(29-12-9-8-10-13-29)36-17-15-30(24-38(36)48(41)25-32)42(49)44-54(51,52)28(3)4/h15-19,21-24,27-29,33H,8-14,20,25-26H2,1-7H3,(H,44,49). The first-order valence-corrected chi connectivity index (χ1v) is 21.1. The van der Waals surface area contributed by atoms with Crippen molar-refractivity contribution in [3.63, 3.8) is 0 Å². The fourth-order valence-corrected chi connectivity index (χ4v) is 9.50. The number of rotatable bonds is 10. The van der Waals surface area contributed by atoms with Gasteiger partial charge in [0, 0.05) is 53.4 Å². The van der Waals surface area contributed by atoms with Crippen molar-refractivity contribution >= 4 is 44.4 Å². The summed E-state index contributed by atoms with van der Waals surface area (Å²) in [7, 11) is 1.97. The molecule has 2 aromatic carbocycles. The first-order valence-electron chi connectivity index (χ1n) is 19.6. The van der Waals surface area contributed by atoms with Gasteiger partial charge < -0.3 is 23.7 Å². The molecule has 3 aliphatic rings. The molecule has 4 aromatic rings. The number of allylic oxidation sites excluding steroid dienone is 1. The molecule has 2 aliphatic heterocycles. The summed E-state index contributed by atoms with van der Waals surface area (Å²) in [5.41, 5.74) is 8.17. The second-order valence-electron chi connectivity index (χ2n) is 16.2. The van der Waals surface area contributed by atoms with Gasteiger partial charge in [-0.25, -0.2) is 13.1 Å². The molecule has 1 saturated heterocycles. The smallest absolute Gasteiger partial charge is 0.264 e. The zero-order chi connectivity index (χ0) is 38.5. The van der Waals surface area contributed by atoms with E-state index >= 15 is 0 Å². The van der Waals surface area contributed by atoms with Crippen molar-refractivity contribution in [2.75, 3.05) is 34.3 Å². The maximum Gasteiger partial charge on any atom is 0.264 e. The van der Waals surface area contributed by atoms with Crippen molar-refractivity contribution in [2.45, 2.75) is 102 Å². The molecule has 1 unspecified atom stereocenters. The summed E-state index contributed by atoms with van der Waals surface area (Å²) in [6.45, 7) is 9.40. The lowest BCUT2D eigenvalue weighted by molar-refractivity contribution is 0.0715. The number of nitrogens with one attached hydrogen (secondary N) is 1. The molecule has 0 radical (unpaired) electrons. The van der Waals surface area contributed by atoms with E-state index in [0.29, 0.717) is 18.0 Å². The fourth-order valence-electron chi connectivity index (χ4n) is 8.89. The highest BCUT2D eigenvalue weighted by Crippen LogP contribution is 2.48. The number of aromatic nitrogens is 2. The maximum absolute atomic E-state index is 14.7. The zero-order valence-corrected chi connectivity index (χ0v) is 33.6. The van der Waals surface area contributed by atoms with Gasteiger partial charge in [0.2, 0.25) is 10.0 Å². The summed E-state index contributed by atoms with van der Waals surface area (Å²) in [5.74, 6) is 0.484.